The highest BCUT2D eigenvalue weighted by atomic mass is 32.2. The number of fused-ring (bicyclic) bond motifs is 1. The highest BCUT2D eigenvalue weighted by Crippen LogP contribution is 2.30. The summed E-state index contributed by atoms with van der Waals surface area (Å²) in [5.74, 6) is 0.307. The van der Waals surface area contributed by atoms with Gasteiger partial charge < -0.3 is 5.32 Å². The number of amides is 1. The Morgan fingerprint density at radius 3 is 2.58 bits per heavy atom. The molecule has 0 bridgehead atoms. The first kappa shape index (κ1) is 21.9. The smallest absolute Gasteiger partial charge is 0.256 e. The zero-order valence-corrected chi connectivity index (χ0v) is 19.3. The Labute approximate surface area is 194 Å². The van der Waals surface area contributed by atoms with Crippen molar-refractivity contribution in [1.29, 1.82) is 0 Å². The van der Waals surface area contributed by atoms with Crippen LogP contribution in [0.1, 0.15) is 59.6 Å². The van der Waals surface area contributed by atoms with E-state index in [1.54, 1.807) is 30.5 Å². The Bertz CT molecular complexity index is 1260. The minimum atomic E-state index is -3.71. The molecule has 1 N–H and O–H groups in total. The lowest BCUT2D eigenvalue weighted by Gasteiger charge is -2.28. The SMILES string of the molecule is O=C(Nc1ccnn1C1CCCCC1)c1cccc(S(=O)(=O)N2CCc3ccccc3C2)c1. The summed E-state index contributed by atoms with van der Waals surface area (Å²) in [7, 11) is -3.71. The first-order valence-electron chi connectivity index (χ1n) is 11.5. The van der Waals surface area contributed by atoms with Gasteiger partial charge in [0.1, 0.15) is 5.82 Å². The minimum Gasteiger partial charge on any atom is -0.307 e. The summed E-state index contributed by atoms with van der Waals surface area (Å²) in [4.78, 5) is 13.1. The summed E-state index contributed by atoms with van der Waals surface area (Å²) < 4.78 is 30.0. The molecule has 7 nitrogen and oxygen atoms in total. The molecular weight excluding hydrogens is 436 g/mol. The van der Waals surface area contributed by atoms with Crippen molar-refractivity contribution in [2.24, 2.45) is 0 Å². The molecule has 8 heteroatoms. The van der Waals surface area contributed by atoms with Gasteiger partial charge in [0, 0.05) is 24.7 Å². The maximum Gasteiger partial charge on any atom is 0.256 e. The monoisotopic (exact) mass is 464 g/mol. The van der Waals surface area contributed by atoms with Gasteiger partial charge in [0.2, 0.25) is 10.0 Å². The molecule has 33 heavy (non-hydrogen) atoms. The van der Waals surface area contributed by atoms with E-state index in [4.69, 9.17) is 0 Å². The first-order chi connectivity index (χ1) is 16.0. The molecular formula is C25H28N4O3S. The third-order valence-corrected chi connectivity index (χ3v) is 8.50. The van der Waals surface area contributed by atoms with E-state index in [1.165, 1.54) is 35.2 Å². The first-order valence-corrected chi connectivity index (χ1v) is 13.0. The van der Waals surface area contributed by atoms with Crippen molar-refractivity contribution in [2.75, 3.05) is 11.9 Å². The molecule has 172 valence electrons. The number of sulfonamides is 1. The molecule has 1 aliphatic heterocycles. The van der Waals surface area contributed by atoms with Crippen LogP contribution in [0.15, 0.2) is 65.7 Å². The second kappa shape index (κ2) is 9.11. The van der Waals surface area contributed by atoms with Gasteiger partial charge in [-0.2, -0.15) is 9.40 Å². The third kappa shape index (κ3) is 4.45. The molecule has 0 saturated heterocycles. The van der Waals surface area contributed by atoms with E-state index in [2.05, 4.69) is 10.4 Å². The molecule has 1 aromatic heterocycles. The predicted molar refractivity (Wildman–Crippen MR) is 126 cm³/mol. The number of benzene rings is 2. The fraction of sp³-hybridized carbons (Fsp3) is 0.360. The number of hydrogen-bond donors (Lipinski definition) is 1. The van der Waals surface area contributed by atoms with Crippen molar-refractivity contribution < 1.29 is 13.2 Å². The quantitative estimate of drug-likeness (QED) is 0.607. The molecule has 2 heterocycles. The Hall–Kier alpha value is -2.97. The van der Waals surface area contributed by atoms with Crippen LogP contribution in [-0.4, -0.2) is 35.0 Å². The van der Waals surface area contributed by atoms with Crippen molar-refractivity contribution in [1.82, 2.24) is 14.1 Å². The van der Waals surface area contributed by atoms with Crippen LogP contribution in [-0.2, 0) is 23.0 Å². The predicted octanol–water partition coefficient (Wildman–Crippen LogP) is 4.39. The molecule has 0 spiro atoms. The number of nitrogens with zero attached hydrogens (tertiary/aromatic N) is 3. The molecule has 1 amide bonds. The topological polar surface area (TPSA) is 84.3 Å². The fourth-order valence-corrected chi connectivity index (χ4v) is 6.31. The van der Waals surface area contributed by atoms with E-state index < -0.39 is 10.0 Å². The third-order valence-electron chi connectivity index (χ3n) is 6.66. The van der Waals surface area contributed by atoms with Gasteiger partial charge in [0.15, 0.2) is 0 Å². The van der Waals surface area contributed by atoms with Crippen molar-refractivity contribution in [2.45, 2.75) is 56.0 Å². The fourth-order valence-electron chi connectivity index (χ4n) is 4.84. The molecule has 2 aliphatic rings. The lowest BCUT2D eigenvalue weighted by atomic mass is 9.96. The van der Waals surface area contributed by atoms with Gasteiger partial charge in [-0.1, -0.05) is 49.6 Å². The Morgan fingerprint density at radius 1 is 0.970 bits per heavy atom. The number of carbonyl (C=O) groups is 1. The van der Waals surface area contributed by atoms with E-state index in [-0.39, 0.29) is 16.8 Å². The van der Waals surface area contributed by atoms with Gasteiger partial charge in [-0.3, -0.25) is 4.79 Å². The molecule has 0 radical (unpaired) electrons. The van der Waals surface area contributed by atoms with Crippen molar-refractivity contribution >= 4 is 21.7 Å². The molecule has 3 aromatic rings. The van der Waals surface area contributed by atoms with Crippen LogP contribution in [0.2, 0.25) is 0 Å². The van der Waals surface area contributed by atoms with Crippen LogP contribution in [0.3, 0.4) is 0 Å². The van der Waals surface area contributed by atoms with Gasteiger partial charge in [0.05, 0.1) is 17.1 Å². The van der Waals surface area contributed by atoms with Gasteiger partial charge >= 0.3 is 0 Å². The maximum atomic E-state index is 13.3. The van der Waals surface area contributed by atoms with Gasteiger partial charge in [-0.05, 0) is 48.6 Å². The van der Waals surface area contributed by atoms with Crippen molar-refractivity contribution in [3.8, 4) is 0 Å². The van der Waals surface area contributed by atoms with Gasteiger partial charge in [-0.15, -0.1) is 0 Å². The van der Waals surface area contributed by atoms with E-state index >= 15 is 0 Å². The summed E-state index contributed by atoms with van der Waals surface area (Å²) in [5, 5.41) is 7.35. The molecule has 5 rings (SSSR count). The minimum absolute atomic E-state index is 0.135. The van der Waals surface area contributed by atoms with E-state index in [0.29, 0.717) is 30.9 Å². The molecule has 0 atom stereocenters. The van der Waals surface area contributed by atoms with E-state index in [9.17, 15) is 13.2 Å². The highest BCUT2D eigenvalue weighted by Gasteiger charge is 2.29. The van der Waals surface area contributed by atoms with Gasteiger partial charge in [-0.25, -0.2) is 13.1 Å². The molecule has 1 saturated carbocycles. The number of nitrogens with one attached hydrogen (secondary N) is 1. The average molecular weight is 465 g/mol. The number of aromatic nitrogens is 2. The Morgan fingerprint density at radius 2 is 1.76 bits per heavy atom. The average Bonchev–Trinajstić information content (AvgIpc) is 3.32. The van der Waals surface area contributed by atoms with Crippen LogP contribution in [0, 0.1) is 0 Å². The number of carbonyl (C=O) groups excluding carboxylic acids is 1. The summed E-state index contributed by atoms with van der Waals surface area (Å²) in [6.45, 7) is 0.770. The second-order valence-corrected chi connectivity index (χ2v) is 10.7. The second-order valence-electron chi connectivity index (χ2n) is 8.79. The normalized spacial score (nSPS) is 17.5. The van der Waals surface area contributed by atoms with Crippen LogP contribution < -0.4 is 5.32 Å². The molecule has 1 fully saturated rings. The van der Waals surface area contributed by atoms with Crippen molar-refractivity contribution in [3.63, 3.8) is 0 Å². The number of rotatable bonds is 5. The Kier molecular flexibility index (Phi) is 6.03. The lowest BCUT2D eigenvalue weighted by Crippen LogP contribution is -2.36. The summed E-state index contributed by atoms with van der Waals surface area (Å²) >= 11 is 0. The number of anilines is 1. The zero-order chi connectivity index (χ0) is 22.8. The Balaban J connectivity index is 1.34. The standard InChI is InChI=1S/C25H28N4O3S/c30-25(27-24-13-15-26-29(24)22-10-2-1-3-11-22)20-9-6-12-23(17-20)33(31,32)28-16-14-19-7-4-5-8-21(19)18-28/h4-9,12-13,15,17,22H,1-3,10-11,14,16,18H2,(H,27,30). The van der Waals surface area contributed by atoms with Crippen LogP contribution in [0.5, 0.6) is 0 Å². The number of hydrogen-bond acceptors (Lipinski definition) is 4. The van der Waals surface area contributed by atoms with Crippen LogP contribution in [0.25, 0.3) is 0 Å². The van der Waals surface area contributed by atoms with E-state index in [0.717, 1.165) is 18.4 Å². The summed E-state index contributed by atoms with van der Waals surface area (Å²) in [6.07, 6.45) is 8.05. The summed E-state index contributed by atoms with van der Waals surface area (Å²) in [6, 6.07) is 16.3. The molecule has 0 unspecified atom stereocenters. The summed E-state index contributed by atoms with van der Waals surface area (Å²) in [5.41, 5.74) is 2.52. The lowest BCUT2D eigenvalue weighted by molar-refractivity contribution is 0.102. The highest BCUT2D eigenvalue weighted by molar-refractivity contribution is 7.89. The van der Waals surface area contributed by atoms with Crippen LogP contribution in [0.4, 0.5) is 5.82 Å². The molecule has 1 aliphatic carbocycles. The van der Waals surface area contributed by atoms with Crippen LogP contribution >= 0.6 is 0 Å². The van der Waals surface area contributed by atoms with Gasteiger partial charge in [0.25, 0.3) is 5.91 Å². The zero-order valence-electron chi connectivity index (χ0n) is 18.5. The van der Waals surface area contributed by atoms with Crippen molar-refractivity contribution in [3.05, 3.63) is 77.5 Å². The van der Waals surface area contributed by atoms with E-state index in [1.807, 2.05) is 28.9 Å². The maximum absolute atomic E-state index is 13.3. The molecule has 2 aromatic carbocycles. The largest absolute Gasteiger partial charge is 0.307 e.